The van der Waals surface area contributed by atoms with Gasteiger partial charge >= 0.3 is 0 Å². The van der Waals surface area contributed by atoms with Crippen molar-refractivity contribution in [1.29, 1.82) is 0 Å². The van der Waals surface area contributed by atoms with Gasteiger partial charge < -0.3 is 15.1 Å². The molecule has 1 unspecified atom stereocenters. The van der Waals surface area contributed by atoms with Gasteiger partial charge in [0.1, 0.15) is 11.8 Å². The molecule has 4 heteroatoms. The molecule has 0 aliphatic carbocycles. The molecule has 4 nitrogen and oxygen atoms in total. The maximum absolute atomic E-state index is 12.1. The van der Waals surface area contributed by atoms with E-state index in [0.29, 0.717) is 18.2 Å². The molecule has 2 N–H and O–H groups in total. The molecule has 1 fully saturated rings. The third-order valence-electron chi connectivity index (χ3n) is 3.40. The van der Waals surface area contributed by atoms with Gasteiger partial charge in [-0.05, 0) is 25.5 Å². The number of para-hydroxylation sites is 1. The van der Waals surface area contributed by atoms with Gasteiger partial charge in [0.2, 0.25) is 0 Å². The maximum atomic E-state index is 12.1. The molecule has 1 amide bonds. The van der Waals surface area contributed by atoms with E-state index < -0.39 is 0 Å². The second kappa shape index (κ2) is 4.82. The minimum Gasteiger partial charge on any atom is -0.463 e. The molecule has 1 atom stereocenters. The SMILES string of the molecule is O=C(NCC1CCCN1)c1coc2ccccc12. The van der Waals surface area contributed by atoms with Gasteiger partial charge in [-0.15, -0.1) is 0 Å². The van der Waals surface area contributed by atoms with Crippen molar-refractivity contribution in [2.45, 2.75) is 18.9 Å². The summed E-state index contributed by atoms with van der Waals surface area (Å²) < 4.78 is 5.37. The average molecular weight is 244 g/mol. The van der Waals surface area contributed by atoms with E-state index in [1.807, 2.05) is 24.3 Å². The van der Waals surface area contributed by atoms with E-state index in [9.17, 15) is 4.79 Å². The first kappa shape index (κ1) is 11.3. The third kappa shape index (κ3) is 2.11. The van der Waals surface area contributed by atoms with Crippen molar-refractivity contribution in [2.24, 2.45) is 0 Å². The monoisotopic (exact) mass is 244 g/mol. The molecule has 0 saturated carbocycles. The van der Waals surface area contributed by atoms with Crippen LogP contribution in [0.2, 0.25) is 0 Å². The Balaban J connectivity index is 1.71. The Hall–Kier alpha value is -1.81. The van der Waals surface area contributed by atoms with Crippen LogP contribution in [-0.2, 0) is 0 Å². The van der Waals surface area contributed by atoms with E-state index >= 15 is 0 Å². The van der Waals surface area contributed by atoms with Crippen LogP contribution >= 0.6 is 0 Å². The van der Waals surface area contributed by atoms with Crippen LogP contribution in [0.25, 0.3) is 11.0 Å². The van der Waals surface area contributed by atoms with Crippen LogP contribution in [0.4, 0.5) is 0 Å². The number of amides is 1. The zero-order valence-electron chi connectivity index (χ0n) is 10.1. The first-order chi connectivity index (χ1) is 8.84. The minimum atomic E-state index is -0.0614. The smallest absolute Gasteiger partial charge is 0.255 e. The normalized spacial score (nSPS) is 19.2. The number of rotatable bonds is 3. The van der Waals surface area contributed by atoms with Crippen LogP contribution in [0.3, 0.4) is 0 Å². The molecule has 18 heavy (non-hydrogen) atoms. The van der Waals surface area contributed by atoms with Gasteiger partial charge in [-0.1, -0.05) is 18.2 Å². The number of fused-ring (bicyclic) bond motifs is 1. The van der Waals surface area contributed by atoms with Gasteiger partial charge in [-0.3, -0.25) is 4.79 Å². The maximum Gasteiger partial charge on any atom is 0.255 e. The summed E-state index contributed by atoms with van der Waals surface area (Å²) in [6.45, 7) is 1.73. The lowest BCUT2D eigenvalue weighted by Crippen LogP contribution is -2.37. The lowest BCUT2D eigenvalue weighted by atomic mass is 10.1. The van der Waals surface area contributed by atoms with Crippen LogP contribution in [0.5, 0.6) is 0 Å². The van der Waals surface area contributed by atoms with E-state index in [4.69, 9.17) is 4.42 Å². The zero-order valence-corrected chi connectivity index (χ0v) is 10.1. The number of hydrogen-bond acceptors (Lipinski definition) is 3. The molecule has 1 aromatic heterocycles. The molecule has 1 aromatic carbocycles. The molecule has 0 spiro atoms. The third-order valence-corrected chi connectivity index (χ3v) is 3.40. The summed E-state index contributed by atoms with van der Waals surface area (Å²) in [6.07, 6.45) is 3.85. The lowest BCUT2D eigenvalue weighted by molar-refractivity contribution is 0.0951. The van der Waals surface area contributed by atoms with Gasteiger partial charge in [0.05, 0.1) is 5.56 Å². The molecule has 94 valence electrons. The predicted molar refractivity (Wildman–Crippen MR) is 69.6 cm³/mol. The first-order valence-corrected chi connectivity index (χ1v) is 6.32. The highest BCUT2D eigenvalue weighted by Gasteiger charge is 2.17. The van der Waals surface area contributed by atoms with Crippen LogP contribution in [0, 0.1) is 0 Å². The van der Waals surface area contributed by atoms with Crippen LogP contribution in [-0.4, -0.2) is 25.0 Å². The van der Waals surface area contributed by atoms with Gasteiger partial charge in [0.15, 0.2) is 0 Å². The second-order valence-electron chi connectivity index (χ2n) is 4.65. The fraction of sp³-hybridized carbons (Fsp3) is 0.357. The van der Waals surface area contributed by atoms with Crippen molar-refractivity contribution >= 4 is 16.9 Å². The van der Waals surface area contributed by atoms with Gasteiger partial charge in [0.25, 0.3) is 5.91 Å². The highest BCUT2D eigenvalue weighted by molar-refractivity contribution is 6.05. The Morgan fingerprint density at radius 2 is 2.33 bits per heavy atom. The summed E-state index contributed by atoms with van der Waals surface area (Å²) in [7, 11) is 0. The molecule has 0 bridgehead atoms. The van der Waals surface area contributed by atoms with Crippen molar-refractivity contribution < 1.29 is 9.21 Å². The van der Waals surface area contributed by atoms with Crippen LogP contribution < -0.4 is 10.6 Å². The van der Waals surface area contributed by atoms with E-state index in [1.165, 1.54) is 12.7 Å². The number of nitrogens with one attached hydrogen (secondary N) is 2. The first-order valence-electron chi connectivity index (χ1n) is 6.32. The van der Waals surface area contributed by atoms with E-state index in [0.717, 1.165) is 23.9 Å². The Labute approximate surface area is 105 Å². The Kier molecular flexibility index (Phi) is 3.02. The van der Waals surface area contributed by atoms with Gasteiger partial charge in [0, 0.05) is 18.0 Å². The quantitative estimate of drug-likeness (QED) is 0.867. The highest BCUT2D eigenvalue weighted by Crippen LogP contribution is 2.20. The molecule has 2 heterocycles. The van der Waals surface area contributed by atoms with E-state index in [2.05, 4.69) is 10.6 Å². The molecule has 2 aromatic rings. The van der Waals surface area contributed by atoms with Crippen LogP contribution in [0.15, 0.2) is 34.9 Å². The zero-order chi connectivity index (χ0) is 12.4. The van der Waals surface area contributed by atoms with Crippen molar-refractivity contribution in [1.82, 2.24) is 10.6 Å². The lowest BCUT2D eigenvalue weighted by Gasteiger charge is -2.10. The number of benzene rings is 1. The summed E-state index contributed by atoms with van der Waals surface area (Å²) in [6, 6.07) is 7.99. The molecule has 3 rings (SSSR count). The Bertz CT molecular complexity index is 556. The van der Waals surface area contributed by atoms with E-state index in [-0.39, 0.29) is 5.91 Å². The molecular formula is C14H16N2O2. The summed E-state index contributed by atoms with van der Waals surface area (Å²) in [4.78, 5) is 12.1. The Morgan fingerprint density at radius 1 is 1.44 bits per heavy atom. The van der Waals surface area contributed by atoms with Crippen molar-refractivity contribution in [3.05, 3.63) is 36.1 Å². The largest absolute Gasteiger partial charge is 0.463 e. The summed E-state index contributed by atoms with van der Waals surface area (Å²) >= 11 is 0. The molecule has 1 saturated heterocycles. The second-order valence-corrected chi connectivity index (χ2v) is 4.65. The van der Waals surface area contributed by atoms with E-state index in [1.54, 1.807) is 0 Å². The van der Waals surface area contributed by atoms with Gasteiger partial charge in [-0.2, -0.15) is 0 Å². The highest BCUT2D eigenvalue weighted by atomic mass is 16.3. The average Bonchev–Trinajstić information content (AvgIpc) is 3.05. The summed E-state index contributed by atoms with van der Waals surface area (Å²) in [5.74, 6) is -0.0614. The molecule has 0 radical (unpaired) electrons. The number of hydrogen-bond donors (Lipinski definition) is 2. The molecule has 1 aliphatic heterocycles. The van der Waals surface area contributed by atoms with Crippen LogP contribution in [0.1, 0.15) is 23.2 Å². The van der Waals surface area contributed by atoms with Crippen molar-refractivity contribution in [2.75, 3.05) is 13.1 Å². The summed E-state index contributed by atoms with van der Waals surface area (Å²) in [5, 5.41) is 7.18. The summed E-state index contributed by atoms with van der Waals surface area (Å²) in [5.41, 5.74) is 1.37. The molecular weight excluding hydrogens is 228 g/mol. The number of carbonyl (C=O) groups excluding carboxylic acids is 1. The fourth-order valence-electron chi connectivity index (χ4n) is 2.40. The standard InChI is InChI=1S/C14H16N2O2/c17-14(16-8-10-4-3-7-15-10)12-9-18-13-6-2-1-5-11(12)13/h1-2,5-6,9-10,15H,3-4,7-8H2,(H,16,17). The number of furan rings is 1. The number of carbonyl (C=O) groups is 1. The fourth-order valence-corrected chi connectivity index (χ4v) is 2.40. The minimum absolute atomic E-state index is 0.0614. The molecule has 1 aliphatic rings. The van der Waals surface area contributed by atoms with Crippen molar-refractivity contribution in [3.8, 4) is 0 Å². The Morgan fingerprint density at radius 3 is 3.17 bits per heavy atom. The van der Waals surface area contributed by atoms with Crippen molar-refractivity contribution in [3.63, 3.8) is 0 Å². The topological polar surface area (TPSA) is 54.3 Å². The predicted octanol–water partition coefficient (Wildman–Crippen LogP) is 1.91. The van der Waals surface area contributed by atoms with Gasteiger partial charge in [-0.25, -0.2) is 0 Å².